The fraction of sp³-hybridized carbons (Fsp3) is 0.571. The second-order valence-electron chi connectivity index (χ2n) is 4.97. The third-order valence-corrected chi connectivity index (χ3v) is 1.30. The van der Waals surface area contributed by atoms with E-state index >= 15 is 0 Å². The minimum atomic E-state index is -0.398. The first-order valence-electron chi connectivity index (χ1n) is 5.77. The van der Waals surface area contributed by atoms with Gasteiger partial charge in [0.1, 0.15) is 5.60 Å². The number of hydrogen-bond acceptors (Lipinski definition) is 4. The van der Waals surface area contributed by atoms with E-state index in [9.17, 15) is 9.59 Å². The third-order valence-electron chi connectivity index (χ3n) is 1.30. The van der Waals surface area contributed by atoms with Gasteiger partial charge in [-0.25, -0.2) is 9.59 Å². The lowest BCUT2D eigenvalue weighted by molar-refractivity contribution is -0.148. The minimum absolute atomic E-state index is 0.344. The summed E-state index contributed by atoms with van der Waals surface area (Å²) in [5.41, 5.74) is -0.398. The lowest BCUT2D eigenvalue weighted by atomic mass is 10.2. The standard InChI is InChI=1S/2C7H12O2/c1-5-6(8)9-7(2,3)4;1-4-7(8)9-5-6(2)3/h5H,1H2,2-4H3;4,6H,1,5H2,2-3H3. The SMILES string of the molecule is C=CC(=O)OC(C)(C)C.C=CC(=O)OCC(C)C. The van der Waals surface area contributed by atoms with Gasteiger partial charge in [0.15, 0.2) is 0 Å². The molecule has 0 saturated heterocycles. The van der Waals surface area contributed by atoms with Crippen molar-refractivity contribution >= 4 is 11.9 Å². The molecular weight excluding hydrogens is 232 g/mol. The highest BCUT2D eigenvalue weighted by Crippen LogP contribution is 2.06. The van der Waals surface area contributed by atoms with Crippen LogP contribution in [-0.4, -0.2) is 24.1 Å². The van der Waals surface area contributed by atoms with Crippen LogP contribution in [0.2, 0.25) is 0 Å². The van der Waals surface area contributed by atoms with Gasteiger partial charge < -0.3 is 9.47 Å². The van der Waals surface area contributed by atoms with Gasteiger partial charge in [0.25, 0.3) is 0 Å². The Kier molecular flexibility index (Phi) is 9.86. The molecule has 0 bridgehead atoms. The van der Waals surface area contributed by atoms with Crippen molar-refractivity contribution in [1.82, 2.24) is 0 Å². The quantitative estimate of drug-likeness (QED) is 0.573. The van der Waals surface area contributed by atoms with Gasteiger partial charge in [-0.2, -0.15) is 0 Å². The lowest BCUT2D eigenvalue weighted by Crippen LogP contribution is -2.22. The zero-order valence-electron chi connectivity index (χ0n) is 12.0. The van der Waals surface area contributed by atoms with Crippen LogP contribution >= 0.6 is 0 Å². The summed E-state index contributed by atoms with van der Waals surface area (Å²) in [6.45, 7) is 16.4. The van der Waals surface area contributed by atoms with Gasteiger partial charge in [-0.3, -0.25) is 0 Å². The molecule has 104 valence electrons. The van der Waals surface area contributed by atoms with Gasteiger partial charge in [0, 0.05) is 12.2 Å². The van der Waals surface area contributed by atoms with Gasteiger partial charge in [0.2, 0.25) is 0 Å². The number of hydrogen-bond donors (Lipinski definition) is 0. The maximum atomic E-state index is 10.5. The summed E-state index contributed by atoms with van der Waals surface area (Å²) in [5.74, 6) is -0.319. The Morgan fingerprint density at radius 2 is 1.56 bits per heavy atom. The molecule has 0 saturated carbocycles. The molecule has 0 radical (unpaired) electrons. The third kappa shape index (κ3) is 16.8. The summed E-state index contributed by atoms with van der Waals surface area (Å²) < 4.78 is 9.53. The van der Waals surface area contributed by atoms with Crippen LogP contribution in [0.15, 0.2) is 25.3 Å². The number of carbonyl (C=O) groups excluding carboxylic acids is 2. The molecule has 0 aromatic carbocycles. The molecule has 0 rings (SSSR count). The predicted octanol–water partition coefficient (Wildman–Crippen LogP) is 2.89. The number of ether oxygens (including phenoxy) is 2. The predicted molar refractivity (Wildman–Crippen MR) is 72.0 cm³/mol. The Balaban J connectivity index is 0. The molecule has 4 nitrogen and oxygen atoms in total. The van der Waals surface area contributed by atoms with Crippen molar-refractivity contribution in [3.8, 4) is 0 Å². The van der Waals surface area contributed by atoms with Crippen LogP contribution in [0.1, 0.15) is 34.6 Å². The largest absolute Gasteiger partial charge is 0.462 e. The van der Waals surface area contributed by atoms with E-state index in [0.717, 1.165) is 6.08 Å². The highest BCUT2D eigenvalue weighted by Gasteiger charge is 2.12. The average molecular weight is 256 g/mol. The van der Waals surface area contributed by atoms with Crippen LogP contribution < -0.4 is 0 Å². The first-order chi connectivity index (χ1) is 8.12. The van der Waals surface area contributed by atoms with E-state index in [0.29, 0.717) is 12.5 Å². The van der Waals surface area contributed by atoms with Crippen molar-refractivity contribution in [2.75, 3.05) is 6.61 Å². The Morgan fingerprint density at radius 1 is 1.11 bits per heavy atom. The van der Waals surface area contributed by atoms with Crippen molar-refractivity contribution < 1.29 is 19.1 Å². The Bertz CT molecular complexity index is 285. The molecule has 0 aromatic rings. The van der Waals surface area contributed by atoms with Gasteiger partial charge >= 0.3 is 11.9 Å². The second kappa shape index (κ2) is 9.45. The summed E-state index contributed by atoms with van der Waals surface area (Å²) in [7, 11) is 0. The second-order valence-corrected chi connectivity index (χ2v) is 4.97. The molecule has 4 heteroatoms. The molecular formula is C14H24O4. The van der Waals surface area contributed by atoms with E-state index in [1.54, 1.807) is 0 Å². The summed E-state index contributed by atoms with van der Waals surface area (Å²) in [4.78, 5) is 20.9. The fourth-order valence-corrected chi connectivity index (χ4v) is 0.651. The van der Waals surface area contributed by atoms with Crippen molar-refractivity contribution in [2.45, 2.75) is 40.2 Å². The number of esters is 2. The molecule has 0 N–H and O–H groups in total. The number of rotatable bonds is 4. The smallest absolute Gasteiger partial charge is 0.330 e. The van der Waals surface area contributed by atoms with Crippen LogP contribution in [0.3, 0.4) is 0 Å². The van der Waals surface area contributed by atoms with E-state index in [4.69, 9.17) is 9.47 Å². The van der Waals surface area contributed by atoms with Gasteiger partial charge in [-0.15, -0.1) is 0 Å². The van der Waals surface area contributed by atoms with Crippen LogP contribution in [0.25, 0.3) is 0 Å². The van der Waals surface area contributed by atoms with Crippen LogP contribution in [0, 0.1) is 5.92 Å². The maximum Gasteiger partial charge on any atom is 0.330 e. The summed E-state index contributed by atoms with van der Waals surface area (Å²) in [5, 5.41) is 0. The average Bonchev–Trinajstić information content (AvgIpc) is 2.24. The van der Waals surface area contributed by atoms with Gasteiger partial charge in [0.05, 0.1) is 6.61 Å². The van der Waals surface area contributed by atoms with Gasteiger partial charge in [-0.1, -0.05) is 27.0 Å². The van der Waals surface area contributed by atoms with Crippen molar-refractivity contribution in [2.24, 2.45) is 5.92 Å². The molecule has 0 fully saturated rings. The Hall–Kier alpha value is -1.58. The summed E-state index contributed by atoms with van der Waals surface area (Å²) >= 11 is 0. The molecule has 0 amide bonds. The molecule has 0 aliphatic carbocycles. The first-order valence-corrected chi connectivity index (χ1v) is 5.77. The first kappa shape index (κ1) is 18.8. The van der Waals surface area contributed by atoms with Gasteiger partial charge in [-0.05, 0) is 26.7 Å². The minimum Gasteiger partial charge on any atom is -0.462 e. The lowest BCUT2D eigenvalue weighted by Gasteiger charge is -2.17. The highest BCUT2D eigenvalue weighted by atomic mass is 16.6. The molecule has 0 heterocycles. The van der Waals surface area contributed by atoms with E-state index in [1.807, 2.05) is 34.6 Å². The molecule has 0 unspecified atom stereocenters. The normalized spacial score (nSPS) is 9.89. The van der Waals surface area contributed by atoms with E-state index in [2.05, 4.69) is 13.2 Å². The van der Waals surface area contributed by atoms with E-state index in [-0.39, 0.29) is 11.9 Å². The summed E-state index contributed by atoms with van der Waals surface area (Å²) in [6, 6.07) is 0. The zero-order valence-corrected chi connectivity index (χ0v) is 12.0. The van der Waals surface area contributed by atoms with Crippen LogP contribution in [-0.2, 0) is 19.1 Å². The van der Waals surface area contributed by atoms with Crippen LogP contribution in [0.5, 0.6) is 0 Å². The molecule has 18 heavy (non-hydrogen) atoms. The zero-order chi connectivity index (χ0) is 14.8. The molecule has 0 aromatic heterocycles. The number of carbonyl (C=O) groups is 2. The monoisotopic (exact) mass is 256 g/mol. The summed E-state index contributed by atoms with van der Waals surface area (Å²) in [6.07, 6.45) is 2.33. The Morgan fingerprint density at radius 3 is 1.78 bits per heavy atom. The van der Waals surface area contributed by atoms with Crippen LogP contribution in [0.4, 0.5) is 0 Å². The highest BCUT2D eigenvalue weighted by molar-refractivity contribution is 5.81. The van der Waals surface area contributed by atoms with E-state index < -0.39 is 5.60 Å². The molecule has 0 spiro atoms. The Labute approximate surface area is 110 Å². The molecule has 0 atom stereocenters. The fourth-order valence-electron chi connectivity index (χ4n) is 0.651. The van der Waals surface area contributed by atoms with Crippen molar-refractivity contribution in [3.05, 3.63) is 25.3 Å². The van der Waals surface area contributed by atoms with Crippen molar-refractivity contribution in [1.29, 1.82) is 0 Å². The van der Waals surface area contributed by atoms with E-state index in [1.165, 1.54) is 6.08 Å². The van der Waals surface area contributed by atoms with Crippen molar-refractivity contribution in [3.63, 3.8) is 0 Å². The maximum absolute atomic E-state index is 10.5. The molecule has 0 aliphatic heterocycles. The molecule has 0 aliphatic rings. The topological polar surface area (TPSA) is 52.6 Å².